The topological polar surface area (TPSA) is 0 Å². The molecule has 0 saturated heterocycles. The summed E-state index contributed by atoms with van der Waals surface area (Å²) in [4.78, 5) is 0. The van der Waals surface area contributed by atoms with Crippen molar-refractivity contribution in [1.82, 2.24) is 0 Å². The van der Waals surface area contributed by atoms with Gasteiger partial charge in [-0.1, -0.05) is 40.2 Å². The van der Waals surface area contributed by atoms with Gasteiger partial charge in [0, 0.05) is 17.3 Å². The zero-order valence-corrected chi connectivity index (χ0v) is 11.6. The molecule has 0 aromatic heterocycles. The highest BCUT2D eigenvalue weighted by Crippen LogP contribution is 2.26. The van der Waals surface area contributed by atoms with Crippen LogP contribution in [-0.2, 0) is 6.42 Å². The molecule has 0 heterocycles. The average Bonchev–Trinajstić information content (AvgIpc) is 2.39. The Labute approximate surface area is 118 Å². The summed E-state index contributed by atoms with van der Waals surface area (Å²) in [5.74, 6) is -1.71. The van der Waals surface area contributed by atoms with Crippen LogP contribution in [-0.4, -0.2) is 5.33 Å². The Hall–Kier alpha value is -1.29. The maximum atomic E-state index is 13.7. The van der Waals surface area contributed by atoms with Gasteiger partial charge in [0.1, 0.15) is 17.5 Å². The van der Waals surface area contributed by atoms with Crippen molar-refractivity contribution in [3.8, 4) is 0 Å². The summed E-state index contributed by atoms with van der Waals surface area (Å²) in [7, 11) is 0. The van der Waals surface area contributed by atoms with Gasteiger partial charge in [-0.2, -0.15) is 0 Å². The molecule has 0 amide bonds. The Morgan fingerprint density at radius 1 is 0.947 bits per heavy atom. The van der Waals surface area contributed by atoms with Gasteiger partial charge in [-0.05, 0) is 29.7 Å². The van der Waals surface area contributed by atoms with Crippen molar-refractivity contribution >= 4 is 15.9 Å². The minimum atomic E-state index is -0.609. The number of benzene rings is 2. The van der Waals surface area contributed by atoms with E-state index in [9.17, 15) is 13.2 Å². The first-order chi connectivity index (χ1) is 9.11. The van der Waals surface area contributed by atoms with E-state index in [0.29, 0.717) is 22.9 Å². The lowest BCUT2D eigenvalue weighted by atomic mass is 9.93. The molecule has 0 aliphatic heterocycles. The third-order valence-corrected chi connectivity index (χ3v) is 3.79. The van der Waals surface area contributed by atoms with Gasteiger partial charge in [0.15, 0.2) is 0 Å². The Morgan fingerprint density at radius 3 is 2.32 bits per heavy atom. The molecule has 100 valence electrons. The van der Waals surface area contributed by atoms with Crippen LogP contribution < -0.4 is 0 Å². The van der Waals surface area contributed by atoms with Gasteiger partial charge in [-0.15, -0.1) is 0 Å². The maximum absolute atomic E-state index is 13.7. The van der Waals surface area contributed by atoms with E-state index in [0.717, 1.165) is 6.07 Å². The molecule has 1 unspecified atom stereocenters. The number of alkyl halides is 1. The molecule has 1 atom stereocenters. The van der Waals surface area contributed by atoms with Crippen molar-refractivity contribution in [2.45, 2.75) is 12.3 Å². The highest BCUT2D eigenvalue weighted by molar-refractivity contribution is 9.09. The van der Waals surface area contributed by atoms with Crippen LogP contribution in [0.3, 0.4) is 0 Å². The summed E-state index contributed by atoms with van der Waals surface area (Å²) in [5, 5.41) is 0.505. The predicted molar refractivity (Wildman–Crippen MR) is 73.0 cm³/mol. The molecule has 0 aliphatic carbocycles. The normalized spacial score (nSPS) is 12.4. The third-order valence-electron chi connectivity index (χ3n) is 3.01. The molecule has 0 aliphatic rings. The fourth-order valence-corrected chi connectivity index (χ4v) is 2.58. The van der Waals surface area contributed by atoms with Crippen LogP contribution in [0.2, 0.25) is 0 Å². The molecule has 4 heteroatoms. The molecule has 0 radical (unpaired) electrons. The number of hydrogen-bond donors (Lipinski definition) is 0. The highest BCUT2D eigenvalue weighted by Gasteiger charge is 2.17. The summed E-state index contributed by atoms with van der Waals surface area (Å²) in [6, 6.07) is 9.89. The van der Waals surface area contributed by atoms with Crippen molar-refractivity contribution in [1.29, 1.82) is 0 Å². The van der Waals surface area contributed by atoms with E-state index in [1.807, 2.05) is 0 Å². The molecule has 2 aromatic carbocycles. The van der Waals surface area contributed by atoms with Crippen LogP contribution >= 0.6 is 15.9 Å². The first-order valence-corrected chi connectivity index (χ1v) is 6.98. The molecule has 19 heavy (non-hydrogen) atoms. The third kappa shape index (κ3) is 3.38. The van der Waals surface area contributed by atoms with Crippen molar-refractivity contribution < 1.29 is 13.2 Å². The van der Waals surface area contributed by atoms with Gasteiger partial charge < -0.3 is 0 Å². The smallest absolute Gasteiger partial charge is 0.129 e. The summed E-state index contributed by atoms with van der Waals surface area (Å²) in [6.07, 6.45) is 0.318. The van der Waals surface area contributed by atoms with Crippen molar-refractivity contribution in [3.05, 3.63) is 71.0 Å². The highest BCUT2D eigenvalue weighted by atomic mass is 79.9. The van der Waals surface area contributed by atoms with Gasteiger partial charge in [0.25, 0.3) is 0 Å². The maximum Gasteiger partial charge on any atom is 0.129 e. The van der Waals surface area contributed by atoms with Crippen LogP contribution in [0.1, 0.15) is 17.0 Å². The lowest BCUT2D eigenvalue weighted by molar-refractivity contribution is 0.557. The second kappa shape index (κ2) is 6.24. The molecular formula is C15H12BrF3. The van der Waals surface area contributed by atoms with E-state index >= 15 is 0 Å². The van der Waals surface area contributed by atoms with E-state index in [1.165, 1.54) is 18.2 Å². The van der Waals surface area contributed by atoms with Crippen LogP contribution in [0, 0.1) is 17.5 Å². The zero-order chi connectivity index (χ0) is 13.8. The van der Waals surface area contributed by atoms with E-state index in [1.54, 1.807) is 18.2 Å². The monoisotopic (exact) mass is 328 g/mol. The van der Waals surface area contributed by atoms with Crippen molar-refractivity contribution in [3.63, 3.8) is 0 Å². The van der Waals surface area contributed by atoms with Crippen LogP contribution in [0.25, 0.3) is 0 Å². The second-order valence-electron chi connectivity index (χ2n) is 4.31. The Balaban J connectivity index is 2.27. The standard InChI is InChI=1S/C15H12BrF3/c16-9-11(13-3-1-2-4-14(13)18)7-10-5-6-12(17)8-15(10)19/h1-6,8,11H,7,9H2. The quantitative estimate of drug-likeness (QED) is 0.705. The molecule has 0 saturated carbocycles. The lowest BCUT2D eigenvalue weighted by Gasteiger charge is -2.16. The van der Waals surface area contributed by atoms with E-state index in [2.05, 4.69) is 15.9 Å². The lowest BCUT2D eigenvalue weighted by Crippen LogP contribution is -2.08. The molecular weight excluding hydrogens is 317 g/mol. The van der Waals surface area contributed by atoms with E-state index in [4.69, 9.17) is 0 Å². The van der Waals surface area contributed by atoms with Gasteiger partial charge in [0.2, 0.25) is 0 Å². The first-order valence-electron chi connectivity index (χ1n) is 5.86. The van der Waals surface area contributed by atoms with E-state index < -0.39 is 11.6 Å². The molecule has 0 nitrogen and oxygen atoms in total. The second-order valence-corrected chi connectivity index (χ2v) is 4.96. The van der Waals surface area contributed by atoms with Crippen molar-refractivity contribution in [2.75, 3.05) is 5.33 Å². The minimum absolute atomic E-state index is 0.193. The molecule has 0 N–H and O–H groups in total. The summed E-state index contributed by atoms with van der Waals surface area (Å²) >= 11 is 3.32. The summed E-state index contributed by atoms with van der Waals surface area (Å²) in [5.41, 5.74) is 0.914. The number of rotatable bonds is 4. The Kier molecular flexibility index (Phi) is 4.64. The van der Waals surface area contributed by atoms with E-state index in [-0.39, 0.29) is 11.7 Å². The predicted octanol–water partition coefficient (Wildman–Crippen LogP) is 4.83. The molecule has 2 rings (SSSR count). The molecule has 2 aromatic rings. The SMILES string of the molecule is Fc1ccc(CC(CBr)c2ccccc2F)c(F)c1. The fourth-order valence-electron chi connectivity index (χ4n) is 2.01. The molecule has 0 fully saturated rings. The summed E-state index contributed by atoms with van der Waals surface area (Å²) in [6.45, 7) is 0. The van der Waals surface area contributed by atoms with Gasteiger partial charge >= 0.3 is 0 Å². The Bertz CT molecular complexity index is 569. The zero-order valence-electron chi connectivity index (χ0n) is 10.0. The minimum Gasteiger partial charge on any atom is -0.207 e. The Morgan fingerprint density at radius 2 is 1.68 bits per heavy atom. The van der Waals surface area contributed by atoms with Gasteiger partial charge in [-0.25, -0.2) is 13.2 Å². The number of halogens is 4. The van der Waals surface area contributed by atoms with Gasteiger partial charge in [-0.3, -0.25) is 0 Å². The van der Waals surface area contributed by atoms with Crippen LogP contribution in [0.4, 0.5) is 13.2 Å². The molecule has 0 bridgehead atoms. The largest absolute Gasteiger partial charge is 0.207 e. The first kappa shape index (κ1) is 14.1. The fraction of sp³-hybridized carbons (Fsp3) is 0.200. The number of hydrogen-bond acceptors (Lipinski definition) is 0. The summed E-state index contributed by atoms with van der Waals surface area (Å²) < 4.78 is 40.2. The molecule has 0 spiro atoms. The average molecular weight is 329 g/mol. The van der Waals surface area contributed by atoms with Gasteiger partial charge in [0.05, 0.1) is 0 Å². The van der Waals surface area contributed by atoms with Crippen LogP contribution in [0.5, 0.6) is 0 Å². The van der Waals surface area contributed by atoms with Crippen LogP contribution in [0.15, 0.2) is 42.5 Å². The van der Waals surface area contributed by atoms with Crippen molar-refractivity contribution in [2.24, 2.45) is 0 Å².